The van der Waals surface area contributed by atoms with E-state index in [4.69, 9.17) is 5.73 Å². The van der Waals surface area contributed by atoms with Gasteiger partial charge in [0.15, 0.2) is 0 Å². The largest absolute Gasteiger partial charge is 0.355 e. The summed E-state index contributed by atoms with van der Waals surface area (Å²) in [5, 5.41) is 10.8. The van der Waals surface area contributed by atoms with Gasteiger partial charge < -0.3 is 27.0 Å². The number of hydrogen-bond donors (Lipinski definition) is 5. The highest BCUT2D eigenvalue weighted by Gasteiger charge is 2.27. The van der Waals surface area contributed by atoms with Gasteiger partial charge in [-0.25, -0.2) is 0 Å². The first kappa shape index (κ1) is 29.1. The van der Waals surface area contributed by atoms with E-state index in [1.807, 2.05) is 44.2 Å². The molecule has 0 aliphatic heterocycles. The van der Waals surface area contributed by atoms with E-state index in [9.17, 15) is 19.2 Å². The molecule has 0 spiro atoms. The van der Waals surface area contributed by atoms with Gasteiger partial charge >= 0.3 is 0 Å². The van der Waals surface area contributed by atoms with Crippen LogP contribution in [0.4, 0.5) is 0 Å². The van der Waals surface area contributed by atoms with Crippen LogP contribution in [0.3, 0.4) is 0 Å². The van der Waals surface area contributed by atoms with Gasteiger partial charge in [0.05, 0.1) is 13.1 Å². The Bertz CT molecular complexity index is 770. The molecule has 0 fully saturated rings. The SMILES string of the molecule is CCCCCCNC(=O)CNC(=O)[C@H](CC(C)C)NC(=O)[C@H](Cc1ccccc1)NC(=O)CN. The zero-order valence-electron chi connectivity index (χ0n) is 20.7. The van der Waals surface area contributed by atoms with Crippen LogP contribution >= 0.6 is 0 Å². The highest BCUT2D eigenvalue weighted by atomic mass is 16.2. The maximum atomic E-state index is 13.0. The number of rotatable bonds is 16. The van der Waals surface area contributed by atoms with Crippen LogP contribution in [0.5, 0.6) is 0 Å². The molecule has 1 aromatic carbocycles. The molecule has 0 unspecified atom stereocenters. The summed E-state index contributed by atoms with van der Waals surface area (Å²) in [6.45, 7) is 6.16. The lowest BCUT2D eigenvalue weighted by Crippen LogP contribution is -2.56. The Morgan fingerprint density at radius 3 is 2.18 bits per heavy atom. The molecular formula is C25H41N5O4. The third-order valence-electron chi connectivity index (χ3n) is 5.24. The van der Waals surface area contributed by atoms with E-state index in [-0.39, 0.29) is 31.3 Å². The topological polar surface area (TPSA) is 142 Å². The molecular weight excluding hydrogens is 434 g/mol. The van der Waals surface area contributed by atoms with Gasteiger partial charge in [-0.15, -0.1) is 0 Å². The molecule has 0 aromatic heterocycles. The average Bonchev–Trinajstić information content (AvgIpc) is 2.81. The monoisotopic (exact) mass is 475 g/mol. The summed E-state index contributed by atoms with van der Waals surface area (Å²) in [5.41, 5.74) is 6.27. The molecule has 34 heavy (non-hydrogen) atoms. The van der Waals surface area contributed by atoms with Crippen LogP contribution in [0.25, 0.3) is 0 Å². The van der Waals surface area contributed by atoms with Gasteiger partial charge in [0, 0.05) is 13.0 Å². The van der Waals surface area contributed by atoms with Crippen LogP contribution in [0, 0.1) is 5.92 Å². The fraction of sp³-hybridized carbons (Fsp3) is 0.600. The Morgan fingerprint density at radius 2 is 1.56 bits per heavy atom. The number of nitrogens with one attached hydrogen (secondary N) is 4. The maximum Gasteiger partial charge on any atom is 0.243 e. The molecule has 0 radical (unpaired) electrons. The molecule has 1 aromatic rings. The van der Waals surface area contributed by atoms with E-state index in [0.29, 0.717) is 13.0 Å². The molecule has 4 amide bonds. The molecule has 6 N–H and O–H groups in total. The number of carbonyl (C=O) groups is 4. The predicted octanol–water partition coefficient (Wildman–Crippen LogP) is 1.02. The quantitative estimate of drug-likeness (QED) is 0.227. The summed E-state index contributed by atoms with van der Waals surface area (Å²) in [6.07, 6.45) is 4.84. The van der Waals surface area contributed by atoms with Crippen LogP contribution in [0.1, 0.15) is 58.4 Å². The Hall–Kier alpha value is -2.94. The van der Waals surface area contributed by atoms with Crippen molar-refractivity contribution in [2.24, 2.45) is 11.7 Å². The fourth-order valence-electron chi connectivity index (χ4n) is 3.42. The minimum atomic E-state index is -0.882. The highest BCUT2D eigenvalue weighted by molar-refractivity contribution is 5.93. The van der Waals surface area contributed by atoms with Crippen molar-refractivity contribution in [2.75, 3.05) is 19.6 Å². The molecule has 9 heteroatoms. The van der Waals surface area contributed by atoms with E-state index in [1.54, 1.807) is 0 Å². The van der Waals surface area contributed by atoms with Crippen molar-refractivity contribution in [1.82, 2.24) is 21.3 Å². The summed E-state index contributed by atoms with van der Waals surface area (Å²) in [6, 6.07) is 7.55. The smallest absolute Gasteiger partial charge is 0.243 e. The zero-order valence-corrected chi connectivity index (χ0v) is 20.7. The molecule has 0 saturated heterocycles. The van der Waals surface area contributed by atoms with Crippen molar-refractivity contribution in [2.45, 2.75) is 71.4 Å². The van der Waals surface area contributed by atoms with E-state index in [2.05, 4.69) is 28.2 Å². The second-order valence-electron chi connectivity index (χ2n) is 8.83. The van der Waals surface area contributed by atoms with E-state index >= 15 is 0 Å². The minimum Gasteiger partial charge on any atom is -0.355 e. The molecule has 0 heterocycles. The molecule has 1 rings (SSSR count). The molecule has 0 saturated carbocycles. The van der Waals surface area contributed by atoms with Gasteiger partial charge in [0.2, 0.25) is 23.6 Å². The Kier molecular flexibility index (Phi) is 14.2. The van der Waals surface area contributed by atoms with E-state index in [0.717, 1.165) is 31.2 Å². The zero-order chi connectivity index (χ0) is 25.3. The van der Waals surface area contributed by atoms with Gasteiger partial charge in [-0.3, -0.25) is 19.2 Å². The lowest BCUT2D eigenvalue weighted by molar-refractivity contribution is -0.132. The summed E-state index contributed by atoms with van der Waals surface area (Å²) in [5.74, 6) is -1.53. The highest BCUT2D eigenvalue weighted by Crippen LogP contribution is 2.08. The van der Waals surface area contributed by atoms with Crippen molar-refractivity contribution in [3.8, 4) is 0 Å². The minimum absolute atomic E-state index is 0.120. The first-order chi connectivity index (χ1) is 16.3. The number of benzene rings is 1. The van der Waals surface area contributed by atoms with Crippen molar-refractivity contribution in [3.05, 3.63) is 35.9 Å². The van der Waals surface area contributed by atoms with Crippen LogP contribution in [-0.2, 0) is 25.6 Å². The number of nitrogens with two attached hydrogens (primary N) is 1. The summed E-state index contributed by atoms with van der Waals surface area (Å²) < 4.78 is 0. The Labute approximate surface area is 203 Å². The van der Waals surface area contributed by atoms with Crippen LogP contribution in [0.15, 0.2) is 30.3 Å². The molecule has 0 aliphatic carbocycles. The molecule has 0 bridgehead atoms. The van der Waals surface area contributed by atoms with Crippen molar-refractivity contribution in [3.63, 3.8) is 0 Å². The fourth-order valence-corrected chi connectivity index (χ4v) is 3.42. The van der Waals surface area contributed by atoms with Crippen LogP contribution < -0.4 is 27.0 Å². The summed E-state index contributed by atoms with van der Waals surface area (Å²) in [7, 11) is 0. The van der Waals surface area contributed by atoms with Crippen LogP contribution in [0.2, 0.25) is 0 Å². The van der Waals surface area contributed by atoms with Gasteiger partial charge in [0.1, 0.15) is 12.1 Å². The number of hydrogen-bond acceptors (Lipinski definition) is 5. The Balaban J connectivity index is 2.73. The predicted molar refractivity (Wildman–Crippen MR) is 133 cm³/mol. The van der Waals surface area contributed by atoms with Gasteiger partial charge in [0.25, 0.3) is 0 Å². The van der Waals surface area contributed by atoms with Crippen molar-refractivity contribution in [1.29, 1.82) is 0 Å². The van der Waals surface area contributed by atoms with Crippen molar-refractivity contribution < 1.29 is 19.2 Å². The normalized spacial score (nSPS) is 12.5. The van der Waals surface area contributed by atoms with Crippen molar-refractivity contribution >= 4 is 23.6 Å². The average molecular weight is 476 g/mol. The number of amides is 4. The number of carbonyl (C=O) groups excluding carboxylic acids is 4. The number of unbranched alkanes of at least 4 members (excludes halogenated alkanes) is 3. The standard InChI is InChI=1S/C25H41N5O4/c1-4-5-6-10-13-27-23(32)17-28-24(33)20(14-18(2)3)30-25(34)21(29-22(31)16-26)15-19-11-8-7-9-12-19/h7-9,11-12,18,20-21H,4-6,10,13-17,26H2,1-3H3,(H,27,32)(H,28,33)(H,29,31)(H,30,34)/t20-,21-/m0/s1. The Morgan fingerprint density at radius 1 is 0.853 bits per heavy atom. The molecule has 0 aliphatic rings. The second kappa shape index (κ2) is 16.6. The van der Waals surface area contributed by atoms with E-state index in [1.165, 1.54) is 0 Å². The summed E-state index contributed by atoms with van der Waals surface area (Å²) in [4.78, 5) is 49.8. The second-order valence-corrected chi connectivity index (χ2v) is 8.83. The van der Waals surface area contributed by atoms with Gasteiger partial charge in [-0.1, -0.05) is 70.4 Å². The third-order valence-corrected chi connectivity index (χ3v) is 5.24. The summed E-state index contributed by atoms with van der Waals surface area (Å²) >= 11 is 0. The molecule has 190 valence electrons. The molecule has 9 nitrogen and oxygen atoms in total. The van der Waals surface area contributed by atoms with Crippen LogP contribution in [-0.4, -0.2) is 55.3 Å². The maximum absolute atomic E-state index is 13.0. The lowest BCUT2D eigenvalue weighted by atomic mass is 10.0. The first-order valence-electron chi connectivity index (χ1n) is 12.1. The van der Waals surface area contributed by atoms with Gasteiger partial charge in [-0.05, 0) is 24.3 Å². The molecule has 2 atom stereocenters. The van der Waals surface area contributed by atoms with Gasteiger partial charge in [-0.2, -0.15) is 0 Å². The first-order valence-corrected chi connectivity index (χ1v) is 12.1. The third kappa shape index (κ3) is 12.3. The van der Waals surface area contributed by atoms with E-state index < -0.39 is 29.8 Å². The lowest BCUT2D eigenvalue weighted by Gasteiger charge is -2.24.